The molecule has 0 N–H and O–H groups in total. The number of hydrogen-bond acceptors (Lipinski definition) is 2. The predicted octanol–water partition coefficient (Wildman–Crippen LogP) is 6.64. The molecular weight excluding hydrogens is 360 g/mol. The van der Waals surface area contributed by atoms with Crippen molar-refractivity contribution in [1.82, 2.24) is 0 Å². The van der Waals surface area contributed by atoms with Crippen LogP contribution in [-0.4, -0.2) is 14.0 Å². The van der Waals surface area contributed by atoms with Gasteiger partial charge in [0.05, 0.1) is 7.11 Å². The van der Waals surface area contributed by atoms with Gasteiger partial charge in [-0.25, -0.2) is 13.2 Å². The molecule has 1 saturated carbocycles. The molecule has 0 saturated heterocycles. The van der Waals surface area contributed by atoms with Crippen LogP contribution < -0.4 is 9.47 Å². The van der Waals surface area contributed by atoms with Crippen molar-refractivity contribution in [2.75, 3.05) is 14.0 Å². The van der Waals surface area contributed by atoms with Gasteiger partial charge < -0.3 is 9.47 Å². The Morgan fingerprint density at radius 3 is 2.11 bits per heavy atom. The van der Waals surface area contributed by atoms with Crippen LogP contribution in [0.15, 0.2) is 36.4 Å². The van der Waals surface area contributed by atoms with Gasteiger partial charge in [0.15, 0.2) is 17.4 Å². The molecule has 27 heavy (non-hydrogen) atoms. The van der Waals surface area contributed by atoms with Crippen molar-refractivity contribution >= 4 is 0 Å². The van der Waals surface area contributed by atoms with E-state index in [1.165, 1.54) is 38.4 Å². The average molecular weight is 386 g/mol. The molecule has 0 amide bonds. The van der Waals surface area contributed by atoms with E-state index in [1.54, 1.807) is 0 Å². The topological polar surface area (TPSA) is 18.5 Å². The monoisotopic (exact) mass is 386 g/mol. The molecule has 0 unspecified atom stereocenters. The zero-order chi connectivity index (χ0) is 19.8. The molecular formula is C21H26F4O2. The van der Waals surface area contributed by atoms with Gasteiger partial charge in [-0.05, 0) is 54.5 Å². The third-order valence-corrected chi connectivity index (χ3v) is 4.81. The molecule has 1 aliphatic rings. The highest BCUT2D eigenvalue weighted by Crippen LogP contribution is 2.35. The van der Waals surface area contributed by atoms with E-state index in [0.717, 1.165) is 18.1 Å². The third-order valence-electron chi connectivity index (χ3n) is 4.81. The fourth-order valence-electron chi connectivity index (χ4n) is 3.16. The molecule has 0 bridgehead atoms. The van der Waals surface area contributed by atoms with Crippen molar-refractivity contribution in [3.8, 4) is 11.5 Å². The molecule has 1 fully saturated rings. The van der Waals surface area contributed by atoms with Gasteiger partial charge in [-0.2, -0.15) is 4.39 Å². The van der Waals surface area contributed by atoms with Crippen LogP contribution in [0, 0.1) is 23.4 Å². The van der Waals surface area contributed by atoms with Crippen molar-refractivity contribution in [3.05, 3.63) is 59.4 Å². The summed E-state index contributed by atoms with van der Waals surface area (Å²) in [4.78, 5) is 0. The summed E-state index contributed by atoms with van der Waals surface area (Å²) in [5, 5.41) is 0. The molecule has 0 aliphatic heterocycles. The Labute approximate surface area is 158 Å². The van der Waals surface area contributed by atoms with Crippen LogP contribution in [0.1, 0.15) is 45.5 Å². The maximum atomic E-state index is 12.5. The molecule has 1 aliphatic carbocycles. The summed E-state index contributed by atoms with van der Waals surface area (Å²) in [7, 11) is 1.18. The Bertz CT molecular complexity index is 717. The van der Waals surface area contributed by atoms with Crippen LogP contribution in [0.5, 0.6) is 11.5 Å². The summed E-state index contributed by atoms with van der Waals surface area (Å²) in [6.07, 6.45) is 5.22. The van der Waals surface area contributed by atoms with Crippen LogP contribution in [-0.2, 0) is 0 Å². The van der Waals surface area contributed by atoms with Crippen LogP contribution in [0.25, 0.3) is 0 Å². The van der Waals surface area contributed by atoms with E-state index in [0.29, 0.717) is 11.7 Å². The fraction of sp³-hybridized carbons (Fsp3) is 0.429. The first kappa shape index (κ1) is 21.1. The lowest BCUT2D eigenvalue weighted by Gasteiger charge is -2.26. The van der Waals surface area contributed by atoms with Crippen molar-refractivity contribution in [3.63, 3.8) is 0 Å². The molecule has 2 nitrogen and oxygen atoms in total. The van der Waals surface area contributed by atoms with Crippen LogP contribution in [0.3, 0.4) is 0 Å². The van der Waals surface area contributed by atoms with E-state index in [1.807, 2.05) is 12.1 Å². The zero-order valence-corrected chi connectivity index (χ0v) is 15.5. The number of ether oxygens (including phenoxy) is 2. The third kappa shape index (κ3) is 5.88. The summed E-state index contributed by atoms with van der Waals surface area (Å²) in [6, 6.07) is 9.71. The zero-order valence-electron chi connectivity index (χ0n) is 15.5. The number of alkyl halides is 1. The van der Waals surface area contributed by atoms with Crippen LogP contribution in [0.4, 0.5) is 17.6 Å². The lowest BCUT2D eigenvalue weighted by Crippen LogP contribution is -2.10. The molecule has 0 radical (unpaired) electrons. The standard InChI is InChI=1S/C14H19FO.C7H5F3O.H2/c1-11-2-4-12(5-3-11)13-6-8-14(9-7-13)16-10-15;1-11-5-3-2-4(8)6(9)7(5)10;/h6-9,11-12H,2-5,10H2,1H3;2-3H,1H3;1H. The maximum absolute atomic E-state index is 12.5. The second kappa shape index (κ2) is 10.2. The van der Waals surface area contributed by atoms with E-state index in [4.69, 9.17) is 4.74 Å². The van der Waals surface area contributed by atoms with Gasteiger partial charge in [-0.3, -0.25) is 0 Å². The van der Waals surface area contributed by atoms with E-state index < -0.39 is 24.3 Å². The largest absolute Gasteiger partial charge is 0.494 e. The molecule has 0 aromatic heterocycles. The highest BCUT2D eigenvalue weighted by molar-refractivity contribution is 5.29. The lowest BCUT2D eigenvalue weighted by molar-refractivity contribution is 0.191. The molecule has 0 spiro atoms. The SMILES string of the molecule is CC1CCC(c2ccc(OCF)cc2)CC1.COc1ccc(F)c(F)c1F.[HH]. The number of benzene rings is 2. The first-order valence-corrected chi connectivity index (χ1v) is 8.92. The Kier molecular flexibility index (Phi) is 7.95. The number of rotatable bonds is 4. The number of methoxy groups -OCH3 is 1. The van der Waals surface area contributed by atoms with Gasteiger partial charge in [0.1, 0.15) is 5.75 Å². The van der Waals surface area contributed by atoms with Gasteiger partial charge in [-0.15, -0.1) is 0 Å². The lowest BCUT2D eigenvalue weighted by atomic mass is 9.79. The van der Waals surface area contributed by atoms with Crippen molar-refractivity contribution < 1.29 is 28.5 Å². The fourth-order valence-corrected chi connectivity index (χ4v) is 3.16. The first-order chi connectivity index (χ1) is 13.0. The minimum Gasteiger partial charge on any atom is -0.494 e. The molecule has 2 aromatic rings. The minimum atomic E-state index is -1.51. The smallest absolute Gasteiger partial charge is 0.228 e. The van der Waals surface area contributed by atoms with Gasteiger partial charge in [0.25, 0.3) is 0 Å². The second-order valence-corrected chi connectivity index (χ2v) is 6.66. The van der Waals surface area contributed by atoms with Crippen LogP contribution in [0.2, 0.25) is 0 Å². The Hall–Kier alpha value is -2.24. The van der Waals surface area contributed by atoms with E-state index >= 15 is 0 Å². The Morgan fingerprint density at radius 1 is 0.926 bits per heavy atom. The predicted molar refractivity (Wildman–Crippen MR) is 98.4 cm³/mol. The molecule has 0 heterocycles. The van der Waals surface area contributed by atoms with Crippen molar-refractivity contribution in [1.29, 1.82) is 0 Å². The Morgan fingerprint density at radius 2 is 1.56 bits per heavy atom. The highest BCUT2D eigenvalue weighted by Gasteiger charge is 2.19. The molecule has 150 valence electrons. The summed E-state index contributed by atoms with van der Waals surface area (Å²) in [6.45, 7) is 1.58. The van der Waals surface area contributed by atoms with E-state index in [2.05, 4.69) is 23.8 Å². The van der Waals surface area contributed by atoms with E-state index in [9.17, 15) is 17.6 Å². The molecule has 2 aromatic carbocycles. The Balaban J connectivity index is 0.000000289. The van der Waals surface area contributed by atoms with Gasteiger partial charge in [0.2, 0.25) is 12.7 Å². The maximum Gasteiger partial charge on any atom is 0.228 e. The van der Waals surface area contributed by atoms with Crippen LogP contribution >= 0.6 is 0 Å². The van der Waals surface area contributed by atoms with Gasteiger partial charge >= 0.3 is 0 Å². The highest BCUT2D eigenvalue weighted by atomic mass is 19.2. The van der Waals surface area contributed by atoms with Crippen molar-refractivity contribution in [2.24, 2.45) is 5.92 Å². The summed E-state index contributed by atoms with van der Waals surface area (Å²) >= 11 is 0. The first-order valence-electron chi connectivity index (χ1n) is 8.92. The average Bonchev–Trinajstić information content (AvgIpc) is 2.68. The van der Waals surface area contributed by atoms with Crippen molar-refractivity contribution in [2.45, 2.75) is 38.5 Å². The quantitative estimate of drug-likeness (QED) is 0.433. The normalized spacial score (nSPS) is 19.0. The van der Waals surface area contributed by atoms with Gasteiger partial charge in [0, 0.05) is 1.43 Å². The summed E-state index contributed by atoms with van der Waals surface area (Å²) in [5.41, 5.74) is 1.37. The molecule has 3 rings (SSSR count). The van der Waals surface area contributed by atoms with E-state index in [-0.39, 0.29) is 7.18 Å². The second-order valence-electron chi connectivity index (χ2n) is 6.66. The van der Waals surface area contributed by atoms with Gasteiger partial charge in [-0.1, -0.05) is 31.9 Å². The number of hydrogen-bond donors (Lipinski definition) is 0. The minimum absolute atomic E-state index is 0. The number of halogens is 4. The molecule has 6 heteroatoms. The molecule has 0 atom stereocenters. The summed E-state index contributed by atoms with van der Waals surface area (Å²) in [5.74, 6) is -2.14. The summed E-state index contributed by atoms with van der Waals surface area (Å²) < 4.78 is 58.2.